The fourth-order valence-electron chi connectivity index (χ4n) is 5.61. The van der Waals surface area contributed by atoms with E-state index in [2.05, 4.69) is 47.6 Å². The molecule has 0 fully saturated rings. The minimum atomic E-state index is -5.16. The Bertz CT molecular complexity index is 2070. The Balaban J connectivity index is 0.00000520. The van der Waals surface area contributed by atoms with Crippen molar-refractivity contribution in [2.45, 2.75) is 36.7 Å². The molecule has 0 heterocycles. The van der Waals surface area contributed by atoms with Gasteiger partial charge in [0.25, 0.3) is 10.1 Å². The molecule has 0 aromatic heterocycles. The Morgan fingerprint density at radius 3 is 1.88 bits per heavy atom. The van der Waals surface area contributed by atoms with Crippen molar-refractivity contribution in [3.05, 3.63) is 155 Å². The number of benzene rings is 4. The Morgan fingerprint density at radius 1 is 0.771 bits per heavy atom. The standard InChI is InChI=1S/C37H36N2O6S2.Na/c1-3-38(26-28-11-7-5-8-12-28)32-19-15-30(16-20-32)37(35-24-23-34(46(40,41)42)25-36(35)47(43,44)45)31-17-21-33(22-18-31)39(4-2)27-29-13-9-6-10-14-29;/h5-25H,3-4,26-27H2,1-2H3,(H-,40,41,42,43,44,45);/q;+1. The minimum Gasteiger partial charge on any atom is -0.744 e. The van der Waals surface area contributed by atoms with Crippen LogP contribution in [-0.2, 0) is 33.3 Å². The van der Waals surface area contributed by atoms with Crippen molar-refractivity contribution in [2.24, 2.45) is 0 Å². The summed E-state index contributed by atoms with van der Waals surface area (Å²) in [6.45, 7) is 7.02. The summed E-state index contributed by atoms with van der Waals surface area (Å²) in [4.78, 5) is 0.780. The van der Waals surface area contributed by atoms with Crippen molar-refractivity contribution in [3.63, 3.8) is 0 Å². The van der Waals surface area contributed by atoms with Crippen molar-refractivity contribution in [1.82, 2.24) is 0 Å². The molecule has 8 nitrogen and oxygen atoms in total. The van der Waals surface area contributed by atoms with Gasteiger partial charge in [0.2, 0.25) is 0 Å². The molecule has 48 heavy (non-hydrogen) atoms. The second-order valence-electron chi connectivity index (χ2n) is 11.1. The van der Waals surface area contributed by atoms with Gasteiger partial charge in [-0.05, 0) is 72.5 Å². The third kappa shape index (κ3) is 9.09. The molecular formula is C37H36N2NaO6S2+. The SMILES string of the molecule is CCN(Cc1ccccc1)c1ccc(C(=C2C=CC(=[N+](CC)Cc3ccccc3)C=C2)c2ccc(S(=O)(=O)O)cc2S(=O)(=O)[O-])cc1.[Na+]. The van der Waals surface area contributed by atoms with Crippen LogP contribution in [0.25, 0.3) is 5.57 Å². The van der Waals surface area contributed by atoms with Gasteiger partial charge in [0.15, 0.2) is 12.3 Å². The van der Waals surface area contributed by atoms with E-state index in [9.17, 15) is 25.9 Å². The molecule has 0 spiro atoms. The molecule has 0 saturated heterocycles. The molecule has 4 aromatic carbocycles. The van der Waals surface area contributed by atoms with E-state index in [4.69, 9.17) is 0 Å². The summed E-state index contributed by atoms with van der Waals surface area (Å²) < 4.78 is 73.3. The quantitative estimate of drug-likeness (QED) is 0.146. The molecule has 0 radical (unpaired) electrons. The molecule has 242 valence electrons. The van der Waals surface area contributed by atoms with Crippen LogP contribution in [0.4, 0.5) is 5.69 Å². The number of nitrogens with zero attached hydrogens (tertiary/aromatic N) is 2. The van der Waals surface area contributed by atoms with Gasteiger partial charge < -0.3 is 9.45 Å². The van der Waals surface area contributed by atoms with E-state index in [0.29, 0.717) is 35.9 Å². The zero-order valence-corrected chi connectivity index (χ0v) is 30.8. The summed E-state index contributed by atoms with van der Waals surface area (Å²) in [6, 6.07) is 30.8. The molecule has 0 unspecified atom stereocenters. The first-order valence-corrected chi connectivity index (χ1v) is 18.1. The molecule has 0 bridgehead atoms. The summed E-state index contributed by atoms with van der Waals surface area (Å²) in [7, 11) is -9.93. The average Bonchev–Trinajstić information content (AvgIpc) is 3.07. The maximum Gasteiger partial charge on any atom is 1.00 e. The molecule has 0 aliphatic heterocycles. The number of hydrogen-bond acceptors (Lipinski definition) is 6. The predicted molar refractivity (Wildman–Crippen MR) is 184 cm³/mol. The van der Waals surface area contributed by atoms with E-state index in [1.165, 1.54) is 6.07 Å². The van der Waals surface area contributed by atoms with Crippen LogP contribution in [0.3, 0.4) is 0 Å². The van der Waals surface area contributed by atoms with Crippen LogP contribution in [0.5, 0.6) is 0 Å². The van der Waals surface area contributed by atoms with Crippen molar-refractivity contribution in [2.75, 3.05) is 18.0 Å². The van der Waals surface area contributed by atoms with Crippen LogP contribution in [0.15, 0.2) is 143 Å². The Hall–Kier alpha value is -3.61. The van der Waals surface area contributed by atoms with Gasteiger partial charge in [-0.25, -0.2) is 13.0 Å². The van der Waals surface area contributed by atoms with E-state index in [1.54, 1.807) is 0 Å². The first kappa shape index (κ1) is 37.2. The molecule has 1 aliphatic carbocycles. The Labute approximate surface area is 305 Å². The number of hydrogen-bond donors (Lipinski definition) is 1. The van der Waals surface area contributed by atoms with Gasteiger partial charge in [0.1, 0.15) is 16.7 Å². The molecule has 0 atom stereocenters. The first-order valence-electron chi connectivity index (χ1n) is 15.2. The van der Waals surface area contributed by atoms with E-state index < -0.39 is 30.0 Å². The van der Waals surface area contributed by atoms with Gasteiger partial charge in [0, 0.05) is 42.1 Å². The number of anilines is 1. The van der Waals surface area contributed by atoms with Crippen molar-refractivity contribution < 1.29 is 60.1 Å². The molecular weight excluding hydrogens is 656 g/mol. The predicted octanol–water partition coefficient (Wildman–Crippen LogP) is 3.47. The molecule has 1 aliphatic rings. The van der Waals surface area contributed by atoms with E-state index in [1.807, 2.05) is 85.0 Å². The maximum absolute atomic E-state index is 12.6. The van der Waals surface area contributed by atoms with Crippen LogP contribution in [0.2, 0.25) is 0 Å². The minimum absolute atomic E-state index is 0. The summed E-state index contributed by atoms with van der Waals surface area (Å²) in [5, 5.41) is 0. The van der Waals surface area contributed by atoms with Crippen molar-refractivity contribution >= 4 is 37.2 Å². The van der Waals surface area contributed by atoms with Crippen LogP contribution in [0.1, 0.15) is 36.1 Å². The fraction of sp³-hybridized carbons (Fsp3) is 0.162. The van der Waals surface area contributed by atoms with Crippen LogP contribution >= 0.6 is 0 Å². The van der Waals surface area contributed by atoms with Crippen LogP contribution in [0, 0.1) is 0 Å². The normalized spacial score (nSPS) is 12.8. The third-order valence-corrected chi connectivity index (χ3v) is 9.75. The Morgan fingerprint density at radius 2 is 1.35 bits per heavy atom. The molecule has 0 amide bonds. The average molecular weight is 692 g/mol. The summed E-state index contributed by atoms with van der Waals surface area (Å²) in [6.07, 6.45) is 7.59. The fourth-order valence-corrected chi connectivity index (χ4v) is 6.90. The van der Waals surface area contributed by atoms with Gasteiger partial charge in [-0.2, -0.15) is 8.42 Å². The molecule has 1 N–H and O–H groups in total. The monoisotopic (exact) mass is 691 g/mol. The zero-order chi connectivity index (χ0) is 33.6. The van der Waals surface area contributed by atoms with E-state index in [-0.39, 0.29) is 35.1 Å². The summed E-state index contributed by atoms with van der Waals surface area (Å²) in [5.74, 6) is 0. The second kappa shape index (κ2) is 16.2. The van der Waals surface area contributed by atoms with Crippen molar-refractivity contribution in [3.8, 4) is 0 Å². The second-order valence-corrected chi connectivity index (χ2v) is 13.8. The first-order chi connectivity index (χ1) is 22.5. The van der Waals surface area contributed by atoms with Gasteiger partial charge in [-0.3, -0.25) is 4.55 Å². The smallest absolute Gasteiger partial charge is 0.744 e. The van der Waals surface area contributed by atoms with Gasteiger partial charge in [0.05, 0.1) is 9.79 Å². The molecule has 0 saturated carbocycles. The largest absolute Gasteiger partial charge is 1.00 e. The van der Waals surface area contributed by atoms with E-state index >= 15 is 0 Å². The van der Waals surface area contributed by atoms with Crippen molar-refractivity contribution in [1.29, 1.82) is 0 Å². The number of allylic oxidation sites excluding steroid dienone is 5. The van der Waals surface area contributed by atoms with Gasteiger partial charge in [-0.15, -0.1) is 0 Å². The molecule has 5 rings (SSSR count). The molecule has 11 heteroatoms. The topological polar surface area (TPSA) is 118 Å². The summed E-state index contributed by atoms with van der Waals surface area (Å²) >= 11 is 0. The summed E-state index contributed by atoms with van der Waals surface area (Å²) in [5.41, 5.74) is 5.92. The van der Waals surface area contributed by atoms with Gasteiger partial charge >= 0.3 is 29.6 Å². The van der Waals surface area contributed by atoms with Crippen LogP contribution in [-0.4, -0.2) is 49.3 Å². The zero-order valence-electron chi connectivity index (χ0n) is 27.2. The van der Waals surface area contributed by atoms with E-state index in [0.717, 1.165) is 41.7 Å². The van der Waals surface area contributed by atoms with Crippen LogP contribution < -0.4 is 34.5 Å². The molecule has 4 aromatic rings. The number of rotatable bonds is 11. The Kier molecular flexibility index (Phi) is 12.6. The van der Waals surface area contributed by atoms with Gasteiger partial charge in [-0.1, -0.05) is 78.9 Å². The third-order valence-electron chi connectivity index (χ3n) is 8.03. The maximum atomic E-state index is 12.6.